The van der Waals surface area contributed by atoms with Crippen LogP contribution in [-0.2, 0) is 0 Å². The molecular formula is C40H88N10P3+. The van der Waals surface area contributed by atoms with Gasteiger partial charge in [-0.2, -0.15) is 0 Å². The molecule has 2 aliphatic heterocycles. The maximum Gasteiger partial charge on any atom is 0.401 e. The van der Waals surface area contributed by atoms with Crippen molar-refractivity contribution in [2.45, 2.75) is 135 Å². The van der Waals surface area contributed by atoms with E-state index < -0.39 is 24.0 Å². The minimum atomic E-state index is -2.70. The van der Waals surface area contributed by atoms with E-state index in [0.717, 1.165) is 118 Å². The molecule has 0 saturated carbocycles. The van der Waals surface area contributed by atoms with Crippen molar-refractivity contribution in [1.82, 2.24) is 38.3 Å². The highest BCUT2D eigenvalue weighted by Gasteiger charge is 2.62. The van der Waals surface area contributed by atoms with Gasteiger partial charge in [-0.25, -0.2) is 0 Å². The second-order valence-electron chi connectivity index (χ2n) is 14.0. The molecule has 2 unspecified atom stereocenters. The fraction of sp³-hybridized carbons (Fsp3) is 0.950. The van der Waals surface area contributed by atoms with Crippen LogP contribution in [-0.4, -0.2) is 178 Å². The molecule has 2 saturated heterocycles. The molecule has 2 aliphatic rings. The van der Waals surface area contributed by atoms with Gasteiger partial charge < -0.3 is 0 Å². The van der Waals surface area contributed by atoms with Gasteiger partial charge in [0, 0.05) is 42.3 Å². The van der Waals surface area contributed by atoms with Gasteiger partial charge in [0.15, 0.2) is 0 Å². The van der Waals surface area contributed by atoms with Crippen LogP contribution in [0.2, 0.25) is 0 Å². The lowest BCUT2D eigenvalue weighted by Gasteiger charge is -2.50. The summed E-state index contributed by atoms with van der Waals surface area (Å²) in [6.07, 6.45) is 4.68. The lowest BCUT2D eigenvalue weighted by atomic mass is 10.0. The van der Waals surface area contributed by atoms with Gasteiger partial charge in [-0.15, -0.1) is 9.34 Å². The molecule has 2 fully saturated rings. The maximum absolute atomic E-state index is 6.62. The molecular weight excluding hydrogens is 713 g/mol. The summed E-state index contributed by atoms with van der Waals surface area (Å²) in [5, 5.41) is 0. The van der Waals surface area contributed by atoms with E-state index in [9.17, 15) is 0 Å². The minimum absolute atomic E-state index is 0.207. The lowest BCUT2D eigenvalue weighted by molar-refractivity contribution is 0.00880. The van der Waals surface area contributed by atoms with Crippen molar-refractivity contribution in [3.8, 4) is 0 Å². The summed E-state index contributed by atoms with van der Waals surface area (Å²) in [5.41, 5.74) is 2.51. The molecule has 10 nitrogen and oxygen atoms in total. The van der Waals surface area contributed by atoms with Crippen molar-refractivity contribution in [1.29, 1.82) is 0 Å². The van der Waals surface area contributed by atoms with Gasteiger partial charge in [-0.3, -0.25) is 28.9 Å². The molecule has 312 valence electrons. The summed E-state index contributed by atoms with van der Waals surface area (Å²) in [4.78, 5) is 11.1. The molecule has 0 spiro atoms. The molecule has 2 rings (SSSR count). The summed E-state index contributed by atoms with van der Waals surface area (Å²) in [7, 11) is -3.92. The topological polar surface area (TPSA) is 50.6 Å². The van der Waals surface area contributed by atoms with Crippen molar-refractivity contribution in [2.24, 2.45) is 9.53 Å². The summed E-state index contributed by atoms with van der Waals surface area (Å²) in [5.74, 6) is 0. The van der Waals surface area contributed by atoms with E-state index in [0.29, 0.717) is 0 Å². The van der Waals surface area contributed by atoms with Gasteiger partial charge in [-0.1, -0.05) is 92.6 Å². The van der Waals surface area contributed by atoms with E-state index in [1.165, 1.54) is 23.2 Å². The molecule has 0 aromatic rings. The van der Waals surface area contributed by atoms with Crippen LogP contribution < -0.4 is 0 Å². The second kappa shape index (κ2) is 23.6. The Labute approximate surface area is 333 Å². The summed E-state index contributed by atoms with van der Waals surface area (Å²) in [6.45, 7) is 54.1. The first kappa shape index (κ1) is 49.5. The quantitative estimate of drug-likeness (QED) is 0.0635. The Balaban J connectivity index is 3.48. The Morgan fingerprint density at radius 1 is 0.396 bits per heavy atom. The Kier molecular flexibility index (Phi) is 22.1. The van der Waals surface area contributed by atoms with E-state index in [-0.39, 0.29) is 11.3 Å². The van der Waals surface area contributed by atoms with Crippen molar-refractivity contribution >= 4 is 34.9 Å². The average Bonchev–Trinajstić information content (AvgIpc) is 3.72. The van der Waals surface area contributed by atoms with Gasteiger partial charge in [0.25, 0.3) is 0 Å². The van der Waals surface area contributed by atoms with E-state index in [1.54, 1.807) is 0 Å². The highest BCUT2D eigenvalue weighted by Crippen LogP contribution is 2.73. The number of rotatable bonds is 26. The third kappa shape index (κ3) is 9.46. The molecule has 0 aliphatic carbocycles. The van der Waals surface area contributed by atoms with Gasteiger partial charge in [0.1, 0.15) is 22.2 Å². The van der Waals surface area contributed by atoms with E-state index in [1.807, 2.05) is 0 Å². The fourth-order valence-electron chi connectivity index (χ4n) is 9.82. The standard InChI is InChI=1S/C40H88N10P3/c1-17-43(18-2)39(44(19-3)20-4)33-35-51(47(25-9)26-10)37(39)41-53(49(29-13)30-14,50(31-15)32-16)42-38-40(45(21-5)22-6,46(23-7)24-8)34-36-52(38)48(27-11)28-12/h17-36H2,1-16H3/q+1. The first-order valence-corrected chi connectivity index (χ1v) is 26.8. The maximum atomic E-state index is 6.62. The lowest BCUT2D eigenvalue weighted by Crippen LogP contribution is -2.64. The smallest absolute Gasteiger partial charge is 0.281 e. The molecule has 0 N–H and O–H groups in total. The zero-order valence-corrected chi connectivity index (χ0v) is 40.6. The zero-order chi connectivity index (χ0) is 40.0. The van der Waals surface area contributed by atoms with Gasteiger partial charge in [0.05, 0.1) is 0 Å². The third-order valence-electron chi connectivity index (χ3n) is 12.5. The Bertz CT molecular complexity index is 969. The molecule has 0 aromatic carbocycles. The van der Waals surface area contributed by atoms with Crippen molar-refractivity contribution in [3.05, 3.63) is 0 Å². The van der Waals surface area contributed by atoms with Crippen molar-refractivity contribution in [2.75, 3.05) is 117 Å². The van der Waals surface area contributed by atoms with Gasteiger partial charge >= 0.3 is 7.87 Å². The highest BCUT2D eigenvalue weighted by molar-refractivity contribution is 7.79. The molecule has 2 atom stereocenters. The number of hydrogen-bond acceptors (Lipinski definition) is 10. The predicted molar refractivity (Wildman–Crippen MR) is 243 cm³/mol. The summed E-state index contributed by atoms with van der Waals surface area (Å²) >= 11 is 0. The van der Waals surface area contributed by atoms with E-state index in [2.05, 4.69) is 149 Å². The summed E-state index contributed by atoms with van der Waals surface area (Å²) < 4.78 is 24.3. The monoisotopic (exact) mass is 802 g/mol. The van der Waals surface area contributed by atoms with Crippen molar-refractivity contribution < 1.29 is 0 Å². The molecule has 0 radical (unpaired) electrons. The summed E-state index contributed by atoms with van der Waals surface area (Å²) in [6, 6.07) is 0. The molecule has 0 aromatic heterocycles. The Hall–Kier alpha value is 0.310. The fourth-order valence-corrected chi connectivity index (χ4v) is 20.2. The van der Waals surface area contributed by atoms with Crippen LogP contribution in [0.1, 0.15) is 124 Å². The Morgan fingerprint density at radius 3 is 0.830 bits per heavy atom. The number of nitrogens with zero attached hydrogens (tertiary/aromatic N) is 10. The SMILES string of the molecule is CCN(CC)P1CCC(N(CC)CC)(N(CC)CC)C1=N[P+](N=C1P(N(CC)CC)CCC1(N(CC)CC)N(CC)CC)(N(CC)CC)N(CC)CC. The van der Waals surface area contributed by atoms with Crippen LogP contribution in [0.25, 0.3) is 0 Å². The zero-order valence-electron chi connectivity index (χ0n) is 38.0. The molecule has 13 heteroatoms. The van der Waals surface area contributed by atoms with Crippen LogP contribution in [0.15, 0.2) is 9.53 Å². The van der Waals surface area contributed by atoms with E-state index in [4.69, 9.17) is 9.53 Å². The van der Waals surface area contributed by atoms with Crippen LogP contribution in [0.3, 0.4) is 0 Å². The van der Waals surface area contributed by atoms with Gasteiger partial charge in [-0.05, 0) is 131 Å². The molecule has 0 bridgehead atoms. The molecule has 0 amide bonds. The van der Waals surface area contributed by atoms with Crippen LogP contribution in [0, 0.1) is 0 Å². The van der Waals surface area contributed by atoms with Crippen LogP contribution in [0.4, 0.5) is 0 Å². The largest absolute Gasteiger partial charge is 0.401 e. The third-order valence-corrected chi connectivity index (χ3v) is 22.1. The minimum Gasteiger partial charge on any atom is -0.281 e. The average molecular weight is 802 g/mol. The number of hydrogen-bond donors (Lipinski definition) is 0. The second-order valence-corrected chi connectivity index (χ2v) is 21.1. The van der Waals surface area contributed by atoms with Crippen LogP contribution >= 0.6 is 24.0 Å². The van der Waals surface area contributed by atoms with Gasteiger partial charge in [0.2, 0.25) is 0 Å². The normalized spacial score (nSPS) is 22.3. The highest BCUT2D eigenvalue weighted by atomic mass is 31.2. The molecule has 53 heavy (non-hydrogen) atoms. The van der Waals surface area contributed by atoms with E-state index >= 15 is 0 Å². The first-order valence-electron chi connectivity index (χ1n) is 22.2. The Morgan fingerprint density at radius 2 is 0.642 bits per heavy atom. The van der Waals surface area contributed by atoms with Crippen LogP contribution in [0.5, 0.6) is 0 Å². The first-order chi connectivity index (χ1) is 25.5. The van der Waals surface area contributed by atoms with Crippen molar-refractivity contribution in [3.63, 3.8) is 0 Å². The predicted octanol–water partition coefficient (Wildman–Crippen LogP) is 9.19. The molecule has 2 heterocycles.